The van der Waals surface area contributed by atoms with Gasteiger partial charge in [-0.05, 0) is 32.7 Å². The van der Waals surface area contributed by atoms with Crippen LogP contribution in [0.25, 0.3) is 0 Å². The van der Waals surface area contributed by atoms with Crippen molar-refractivity contribution in [3.05, 3.63) is 0 Å². The van der Waals surface area contributed by atoms with Crippen molar-refractivity contribution in [3.63, 3.8) is 0 Å². The Hall–Kier alpha value is -0.120. The van der Waals surface area contributed by atoms with Gasteiger partial charge in [-0.3, -0.25) is 4.90 Å². The van der Waals surface area contributed by atoms with Crippen LogP contribution >= 0.6 is 0 Å². The first-order chi connectivity index (χ1) is 8.18. The van der Waals surface area contributed by atoms with Gasteiger partial charge in [0.15, 0.2) is 0 Å². The summed E-state index contributed by atoms with van der Waals surface area (Å²) in [7, 11) is 2.21. The molecule has 0 bridgehead atoms. The molecule has 0 aromatic rings. The number of piperazine rings is 1. The molecule has 1 N–H and O–H groups in total. The third kappa shape index (κ3) is 6.72. The standard InChI is InChI=1S/C15H33N3/c1-14(2,3)13-15(4,5)16-7-8-18-11-9-17(6)10-12-18/h16H,7-13H2,1-6H3. The molecule has 0 aromatic carbocycles. The van der Waals surface area contributed by atoms with Crippen molar-refractivity contribution in [1.82, 2.24) is 15.1 Å². The third-order valence-electron chi connectivity index (χ3n) is 3.60. The van der Waals surface area contributed by atoms with E-state index in [9.17, 15) is 0 Å². The van der Waals surface area contributed by atoms with Gasteiger partial charge in [0, 0.05) is 44.8 Å². The van der Waals surface area contributed by atoms with Crippen LogP contribution in [0.15, 0.2) is 0 Å². The highest BCUT2D eigenvalue weighted by molar-refractivity contribution is 4.83. The summed E-state index contributed by atoms with van der Waals surface area (Å²) in [5.74, 6) is 0. The van der Waals surface area contributed by atoms with Gasteiger partial charge in [0.1, 0.15) is 0 Å². The van der Waals surface area contributed by atoms with E-state index >= 15 is 0 Å². The minimum absolute atomic E-state index is 0.241. The summed E-state index contributed by atoms with van der Waals surface area (Å²) in [6.45, 7) is 18.7. The molecule has 0 aliphatic carbocycles. The van der Waals surface area contributed by atoms with Gasteiger partial charge in [0.05, 0.1) is 0 Å². The summed E-state index contributed by atoms with van der Waals surface area (Å²) >= 11 is 0. The van der Waals surface area contributed by atoms with Gasteiger partial charge in [-0.2, -0.15) is 0 Å². The Bertz CT molecular complexity index is 235. The lowest BCUT2D eigenvalue weighted by molar-refractivity contribution is 0.148. The number of hydrogen-bond donors (Lipinski definition) is 1. The second-order valence-corrected chi connectivity index (χ2v) is 7.69. The molecule has 1 fully saturated rings. The van der Waals surface area contributed by atoms with Gasteiger partial charge >= 0.3 is 0 Å². The second-order valence-electron chi connectivity index (χ2n) is 7.69. The summed E-state index contributed by atoms with van der Waals surface area (Å²) in [6, 6.07) is 0. The molecule has 0 atom stereocenters. The molecule has 1 aliphatic rings. The van der Waals surface area contributed by atoms with Gasteiger partial charge in [0.25, 0.3) is 0 Å². The number of hydrogen-bond acceptors (Lipinski definition) is 3. The number of nitrogens with one attached hydrogen (secondary N) is 1. The van der Waals surface area contributed by atoms with Gasteiger partial charge in [0.2, 0.25) is 0 Å². The number of rotatable bonds is 5. The summed E-state index contributed by atoms with van der Waals surface area (Å²) in [6.07, 6.45) is 1.21. The Morgan fingerprint density at radius 2 is 1.50 bits per heavy atom. The van der Waals surface area contributed by atoms with E-state index in [-0.39, 0.29) is 5.54 Å². The van der Waals surface area contributed by atoms with Crippen molar-refractivity contribution >= 4 is 0 Å². The molecule has 0 aromatic heterocycles. The van der Waals surface area contributed by atoms with E-state index in [4.69, 9.17) is 0 Å². The van der Waals surface area contributed by atoms with Crippen molar-refractivity contribution in [2.45, 2.75) is 46.6 Å². The lowest BCUT2D eigenvalue weighted by atomic mass is 9.82. The maximum atomic E-state index is 3.72. The minimum atomic E-state index is 0.241. The zero-order valence-electron chi connectivity index (χ0n) is 13.3. The molecule has 0 spiro atoms. The van der Waals surface area contributed by atoms with Crippen molar-refractivity contribution in [2.24, 2.45) is 5.41 Å². The van der Waals surface area contributed by atoms with E-state index in [1.807, 2.05) is 0 Å². The van der Waals surface area contributed by atoms with Crippen LogP contribution in [0.2, 0.25) is 0 Å². The van der Waals surface area contributed by atoms with Crippen LogP contribution in [0.5, 0.6) is 0 Å². The van der Waals surface area contributed by atoms with Crippen LogP contribution in [0.1, 0.15) is 41.0 Å². The largest absolute Gasteiger partial charge is 0.311 e. The van der Waals surface area contributed by atoms with Crippen molar-refractivity contribution in [2.75, 3.05) is 46.3 Å². The smallest absolute Gasteiger partial charge is 0.0130 e. The summed E-state index contributed by atoms with van der Waals surface area (Å²) < 4.78 is 0. The van der Waals surface area contributed by atoms with Crippen LogP contribution < -0.4 is 5.32 Å². The first kappa shape index (κ1) is 15.9. The Morgan fingerprint density at radius 3 is 2.00 bits per heavy atom. The third-order valence-corrected chi connectivity index (χ3v) is 3.60. The maximum absolute atomic E-state index is 3.72. The average molecular weight is 255 g/mol. The van der Waals surface area contributed by atoms with Crippen molar-refractivity contribution < 1.29 is 0 Å². The van der Waals surface area contributed by atoms with E-state index in [0.717, 1.165) is 6.54 Å². The van der Waals surface area contributed by atoms with Gasteiger partial charge < -0.3 is 10.2 Å². The van der Waals surface area contributed by atoms with E-state index < -0.39 is 0 Å². The van der Waals surface area contributed by atoms with Crippen LogP contribution in [0, 0.1) is 5.41 Å². The Balaban J connectivity index is 2.20. The minimum Gasteiger partial charge on any atom is -0.311 e. The van der Waals surface area contributed by atoms with Crippen LogP contribution in [0.3, 0.4) is 0 Å². The van der Waals surface area contributed by atoms with Gasteiger partial charge in [-0.15, -0.1) is 0 Å². The maximum Gasteiger partial charge on any atom is 0.0130 e. The molecule has 0 saturated carbocycles. The summed E-state index contributed by atoms with van der Waals surface area (Å²) in [4.78, 5) is 4.98. The van der Waals surface area contributed by atoms with Crippen molar-refractivity contribution in [1.29, 1.82) is 0 Å². The molecule has 3 nitrogen and oxygen atoms in total. The topological polar surface area (TPSA) is 18.5 Å². The van der Waals surface area contributed by atoms with E-state index in [1.165, 1.54) is 39.1 Å². The molecule has 1 heterocycles. The first-order valence-corrected chi connectivity index (χ1v) is 7.34. The molecule has 1 saturated heterocycles. The summed E-state index contributed by atoms with van der Waals surface area (Å²) in [5, 5.41) is 3.72. The molecule has 18 heavy (non-hydrogen) atoms. The van der Waals surface area contributed by atoms with E-state index in [2.05, 4.69) is 56.8 Å². The lowest BCUT2D eigenvalue weighted by Gasteiger charge is -2.36. The first-order valence-electron chi connectivity index (χ1n) is 7.34. The number of nitrogens with zero attached hydrogens (tertiary/aromatic N) is 2. The highest BCUT2D eigenvalue weighted by atomic mass is 15.2. The second kappa shape index (κ2) is 6.36. The molecule has 1 rings (SSSR count). The fourth-order valence-corrected chi connectivity index (χ4v) is 3.01. The van der Waals surface area contributed by atoms with Crippen molar-refractivity contribution in [3.8, 4) is 0 Å². The van der Waals surface area contributed by atoms with Crippen LogP contribution in [0.4, 0.5) is 0 Å². The fourth-order valence-electron chi connectivity index (χ4n) is 3.01. The highest BCUT2D eigenvalue weighted by Crippen LogP contribution is 2.26. The van der Waals surface area contributed by atoms with Gasteiger partial charge in [-0.1, -0.05) is 20.8 Å². The average Bonchev–Trinajstić information content (AvgIpc) is 2.17. The Morgan fingerprint density at radius 1 is 0.944 bits per heavy atom. The molecule has 0 unspecified atom stereocenters. The quantitative estimate of drug-likeness (QED) is 0.811. The highest BCUT2D eigenvalue weighted by Gasteiger charge is 2.24. The van der Waals surface area contributed by atoms with Crippen LogP contribution in [-0.4, -0.2) is 61.7 Å². The fraction of sp³-hybridized carbons (Fsp3) is 1.00. The SMILES string of the molecule is CN1CCN(CCNC(C)(C)CC(C)(C)C)CC1. The molecule has 1 aliphatic heterocycles. The number of likely N-dealkylation sites (N-methyl/N-ethyl adjacent to an activating group) is 1. The Labute approximate surface area is 114 Å². The predicted molar refractivity (Wildman–Crippen MR) is 80.1 cm³/mol. The molecule has 3 heteroatoms. The predicted octanol–water partition coefficient (Wildman–Crippen LogP) is 2.04. The molecule has 0 radical (unpaired) electrons. The van der Waals surface area contributed by atoms with E-state index in [0.29, 0.717) is 5.41 Å². The molecule has 0 amide bonds. The Kier molecular flexibility index (Phi) is 5.63. The van der Waals surface area contributed by atoms with Crippen LogP contribution in [-0.2, 0) is 0 Å². The lowest BCUT2D eigenvalue weighted by Crippen LogP contribution is -2.49. The molecular formula is C15H33N3. The zero-order valence-corrected chi connectivity index (χ0v) is 13.3. The summed E-state index contributed by atoms with van der Waals surface area (Å²) in [5.41, 5.74) is 0.634. The molecular weight excluding hydrogens is 222 g/mol. The normalized spacial score (nSPS) is 20.3. The monoisotopic (exact) mass is 255 g/mol. The zero-order chi connectivity index (χ0) is 13.8. The molecule has 108 valence electrons. The van der Waals surface area contributed by atoms with Gasteiger partial charge in [-0.25, -0.2) is 0 Å². The van der Waals surface area contributed by atoms with E-state index in [1.54, 1.807) is 0 Å².